The molecule has 0 bridgehead atoms. The van der Waals surface area contributed by atoms with Crippen LogP contribution in [-0.2, 0) is 0 Å². The molecule has 2 rings (SSSR count). The Morgan fingerprint density at radius 2 is 1.80 bits per heavy atom. The Hall–Kier alpha value is -2.17. The van der Waals surface area contributed by atoms with Gasteiger partial charge in [-0.2, -0.15) is 5.10 Å². The molecule has 0 aliphatic carbocycles. The van der Waals surface area contributed by atoms with Crippen LogP contribution in [0.3, 0.4) is 0 Å². The first-order chi connectivity index (χ1) is 11.8. The number of aromatic nitrogens is 2. The number of hydrogen-bond donors (Lipinski definition) is 1. The van der Waals surface area contributed by atoms with E-state index in [2.05, 4.69) is 24.3 Å². The largest absolute Gasteiger partial charge is 0.349 e. The monoisotopic (exact) mass is 345 g/mol. The van der Waals surface area contributed by atoms with Gasteiger partial charge in [-0.15, -0.1) is 0 Å². The Labute approximate surface area is 149 Å². The van der Waals surface area contributed by atoms with Crippen LogP contribution in [0.5, 0.6) is 0 Å². The Morgan fingerprint density at radius 1 is 1.16 bits per heavy atom. The number of hydrogen-bond acceptors (Lipinski definition) is 2. The number of carbonyl (C=O) groups excluding carboxylic acids is 1. The fraction of sp³-hybridized carbons (Fsp3) is 0.500. The van der Waals surface area contributed by atoms with Gasteiger partial charge in [0.15, 0.2) is 0 Å². The highest BCUT2D eigenvalue weighted by molar-refractivity contribution is 5.96. The smallest absolute Gasteiger partial charge is 0.255 e. The summed E-state index contributed by atoms with van der Waals surface area (Å²) < 4.78 is 14.8. The van der Waals surface area contributed by atoms with E-state index in [0.29, 0.717) is 17.2 Å². The number of nitrogens with zero attached hydrogens (tertiary/aromatic N) is 2. The molecule has 4 nitrogen and oxygen atoms in total. The summed E-state index contributed by atoms with van der Waals surface area (Å²) in [4.78, 5) is 12.7. The van der Waals surface area contributed by atoms with Crippen molar-refractivity contribution in [2.75, 3.05) is 0 Å². The molecule has 0 aliphatic rings. The molecule has 1 atom stereocenters. The molecule has 5 heteroatoms. The molecule has 25 heavy (non-hydrogen) atoms. The van der Waals surface area contributed by atoms with Crippen molar-refractivity contribution in [3.8, 4) is 5.69 Å². The molecule has 1 unspecified atom stereocenters. The fourth-order valence-corrected chi connectivity index (χ4v) is 3.01. The normalized spacial score (nSPS) is 12.4. The number of aryl methyl sites for hydroxylation is 1. The summed E-state index contributed by atoms with van der Waals surface area (Å²) in [6, 6.07) is 6.22. The van der Waals surface area contributed by atoms with Crippen LogP contribution in [0.4, 0.5) is 4.39 Å². The van der Waals surface area contributed by atoms with Gasteiger partial charge in [0, 0.05) is 6.04 Å². The van der Waals surface area contributed by atoms with Gasteiger partial charge in [-0.3, -0.25) is 4.79 Å². The van der Waals surface area contributed by atoms with Gasteiger partial charge in [0.25, 0.3) is 5.91 Å². The maximum atomic E-state index is 13.1. The van der Waals surface area contributed by atoms with Crippen LogP contribution in [0.1, 0.15) is 61.8 Å². The third kappa shape index (κ3) is 4.91. The average molecular weight is 345 g/mol. The van der Waals surface area contributed by atoms with Gasteiger partial charge >= 0.3 is 0 Å². The van der Waals surface area contributed by atoms with Crippen molar-refractivity contribution in [2.45, 2.75) is 59.9 Å². The minimum absolute atomic E-state index is 0.0968. The second-order valence-electron chi connectivity index (χ2n) is 7.13. The van der Waals surface area contributed by atoms with Gasteiger partial charge in [-0.05, 0) is 57.4 Å². The average Bonchev–Trinajstić information content (AvgIpc) is 2.82. The molecule has 1 N–H and O–H groups in total. The van der Waals surface area contributed by atoms with Crippen LogP contribution in [0.25, 0.3) is 5.69 Å². The lowest BCUT2D eigenvalue weighted by molar-refractivity contribution is 0.0936. The number of amides is 1. The highest BCUT2D eigenvalue weighted by atomic mass is 19.1. The first-order valence-electron chi connectivity index (χ1n) is 8.92. The molecule has 0 saturated heterocycles. The minimum Gasteiger partial charge on any atom is -0.349 e. The summed E-state index contributed by atoms with van der Waals surface area (Å²) in [6.07, 6.45) is 3.24. The lowest BCUT2D eigenvalue weighted by atomic mass is 10.0. The summed E-state index contributed by atoms with van der Waals surface area (Å²) in [5, 5.41) is 7.53. The van der Waals surface area contributed by atoms with Crippen LogP contribution in [0.15, 0.2) is 24.3 Å². The maximum Gasteiger partial charge on any atom is 0.255 e. The van der Waals surface area contributed by atoms with Crippen molar-refractivity contribution in [2.24, 2.45) is 5.92 Å². The van der Waals surface area contributed by atoms with E-state index in [9.17, 15) is 9.18 Å². The molecule has 1 aromatic heterocycles. The Kier molecular flexibility index (Phi) is 6.34. The minimum atomic E-state index is -0.293. The zero-order chi connectivity index (χ0) is 18.6. The van der Waals surface area contributed by atoms with Crippen molar-refractivity contribution >= 4 is 5.91 Å². The Balaban J connectivity index is 2.11. The van der Waals surface area contributed by atoms with Gasteiger partial charge in [0.1, 0.15) is 5.82 Å². The van der Waals surface area contributed by atoms with E-state index in [0.717, 1.165) is 24.2 Å². The molecule has 0 saturated carbocycles. The van der Waals surface area contributed by atoms with Gasteiger partial charge in [-0.25, -0.2) is 9.07 Å². The molecule has 0 radical (unpaired) electrons. The van der Waals surface area contributed by atoms with Crippen molar-refractivity contribution < 1.29 is 9.18 Å². The topological polar surface area (TPSA) is 46.9 Å². The summed E-state index contributed by atoms with van der Waals surface area (Å²) >= 11 is 0. The lowest BCUT2D eigenvalue weighted by Gasteiger charge is -2.15. The number of halogens is 1. The summed E-state index contributed by atoms with van der Waals surface area (Å²) in [5.41, 5.74) is 2.77. The Morgan fingerprint density at radius 3 is 2.40 bits per heavy atom. The quantitative estimate of drug-likeness (QED) is 0.799. The van der Waals surface area contributed by atoms with Gasteiger partial charge < -0.3 is 5.32 Å². The SMILES string of the molecule is Cc1nn(-c2ccc(F)cc2)c(C)c1C(=O)NC(C)CCCC(C)C. The molecule has 0 spiro atoms. The standard InChI is InChI=1S/C20H28FN3O/c1-13(2)7-6-8-14(3)22-20(25)19-15(4)23-24(16(19)5)18-11-9-17(21)10-12-18/h9-14H,6-8H2,1-5H3,(H,22,25). The maximum absolute atomic E-state index is 13.1. The molecular weight excluding hydrogens is 317 g/mol. The summed E-state index contributed by atoms with van der Waals surface area (Å²) in [7, 11) is 0. The summed E-state index contributed by atoms with van der Waals surface area (Å²) in [5.74, 6) is 0.292. The molecule has 2 aromatic rings. The van der Waals surface area contributed by atoms with Crippen molar-refractivity contribution in [1.82, 2.24) is 15.1 Å². The number of rotatable bonds is 7. The van der Waals surface area contributed by atoms with E-state index in [-0.39, 0.29) is 17.8 Å². The first-order valence-corrected chi connectivity index (χ1v) is 8.92. The predicted octanol–water partition coefficient (Wildman–Crippen LogP) is 4.57. The van der Waals surface area contributed by atoms with E-state index in [4.69, 9.17) is 0 Å². The van der Waals surface area contributed by atoms with Crippen LogP contribution >= 0.6 is 0 Å². The van der Waals surface area contributed by atoms with Crippen molar-refractivity contribution in [3.63, 3.8) is 0 Å². The first kappa shape index (κ1) is 19.2. The van der Waals surface area contributed by atoms with Gasteiger partial charge in [-0.1, -0.05) is 26.7 Å². The second-order valence-corrected chi connectivity index (χ2v) is 7.13. The van der Waals surface area contributed by atoms with Crippen molar-refractivity contribution in [3.05, 3.63) is 47.0 Å². The predicted molar refractivity (Wildman–Crippen MR) is 98.6 cm³/mol. The van der Waals surface area contributed by atoms with Crippen LogP contribution in [-0.4, -0.2) is 21.7 Å². The van der Waals surface area contributed by atoms with E-state index in [1.807, 2.05) is 20.8 Å². The van der Waals surface area contributed by atoms with Crippen LogP contribution in [0.2, 0.25) is 0 Å². The zero-order valence-electron chi connectivity index (χ0n) is 15.8. The van der Waals surface area contributed by atoms with Crippen LogP contribution < -0.4 is 5.32 Å². The van der Waals surface area contributed by atoms with Crippen molar-refractivity contribution in [1.29, 1.82) is 0 Å². The van der Waals surface area contributed by atoms with Gasteiger partial charge in [0.05, 0.1) is 22.6 Å². The summed E-state index contributed by atoms with van der Waals surface area (Å²) in [6.45, 7) is 10.1. The number of nitrogens with one attached hydrogen (secondary N) is 1. The van der Waals surface area contributed by atoms with E-state index < -0.39 is 0 Å². The second kappa shape index (κ2) is 8.28. The van der Waals surface area contributed by atoms with E-state index >= 15 is 0 Å². The fourth-order valence-electron chi connectivity index (χ4n) is 3.01. The molecule has 0 aliphatic heterocycles. The lowest BCUT2D eigenvalue weighted by Crippen LogP contribution is -2.33. The number of carbonyl (C=O) groups is 1. The molecule has 1 amide bonds. The molecular formula is C20H28FN3O. The third-order valence-corrected chi connectivity index (χ3v) is 4.39. The van der Waals surface area contributed by atoms with Gasteiger partial charge in [0.2, 0.25) is 0 Å². The highest BCUT2D eigenvalue weighted by Crippen LogP contribution is 2.19. The zero-order valence-corrected chi connectivity index (χ0v) is 15.8. The third-order valence-electron chi connectivity index (χ3n) is 4.39. The van der Waals surface area contributed by atoms with E-state index in [1.54, 1.807) is 16.8 Å². The molecule has 1 heterocycles. The van der Waals surface area contributed by atoms with Crippen LogP contribution in [0, 0.1) is 25.6 Å². The number of benzene rings is 1. The highest BCUT2D eigenvalue weighted by Gasteiger charge is 2.20. The molecule has 0 fully saturated rings. The van der Waals surface area contributed by atoms with E-state index in [1.165, 1.54) is 18.6 Å². The Bertz CT molecular complexity index is 719. The molecule has 136 valence electrons. The molecule has 1 aromatic carbocycles.